The zero-order valence-electron chi connectivity index (χ0n) is 13.7. The number of anilines is 1. The van der Waals surface area contributed by atoms with Gasteiger partial charge in [-0.2, -0.15) is 5.10 Å². The molecule has 24 heavy (non-hydrogen) atoms. The zero-order chi connectivity index (χ0) is 16.5. The van der Waals surface area contributed by atoms with Crippen LogP contribution in [0.1, 0.15) is 23.1 Å². The molecule has 1 N–H and O–H groups in total. The van der Waals surface area contributed by atoms with Crippen molar-refractivity contribution in [1.29, 1.82) is 0 Å². The van der Waals surface area contributed by atoms with Crippen LogP contribution in [0.15, 0.2) is 29.2 Å². The SMILES string of the molecule is Cc1c(N2Cc3cccc(OCC4CCOC4)c3C2)cn[nH]c1=O. The van der Waals surface area contributed by atoms with Gasteiger partial charge in [-0.1, -0.05) is 12.1 Å². The van der Waals surface area contributed by atoms with Gasteiger partial charge in [0.15, 0.2) is 0 Å². The van der Waals surface area contributed by atoms with Gasteiger partial charge in [0, 0.05) is 36.7 Å². The van der Waals surface area contributed by atoms with Crippen LogP contribution >= 0.6 is 0 Å². The van der Waals surface area contributed by atoms with E-state index in [-0.39, 0.29) is 5.56 Å². The Morgan fingerprint density at radius 3 is 3.17 bits per heavy atom. The molecule has 2 aliphatic heterocycles. The molecule has 6 heteroatoms. The molecule has 2 aliphatic rings. The van der Waals surface area contributed by atoms with Crippen LogP contribution < -0.4 is 15.2 Å². The normalized spacial score (nSPS) is 19.5. The standard InChI is InChI=1S/C18H21N3O3/c1-12-16(7-19-20-18(12)22)21-8-14-3-2-4-17(15(14)9-21)24-11-13-5-6-23-10-13/h2-4,7,13H,5-6,8-11H2,1H3,(H,20,22). The van der Waals surface area contributed by atoms with E-state index < -0.39 is 0 Å². The molecule has 1 aromatic carbocycles. The Balaban J connectivity index is 1.54. The van der Waals surface area contributed by atoms with Gasteiger partial charge in [-0.15, -0.1) is 0 Å². The number of ether oxygens (including phenoxy) is 2. The second-order valence-corrected chi connectivity index (χ2v) is 6.50. The highest BCUT2D eigenvalue weighted by atomic mass is 16.5. The Bertz CT molecular complexity index is 796. The largest absolute Gasteiger partial charge is 0.493 e. The van der Waals surface area contributed by atoms with Crippen molar-refractivity contribution in [3.8, 4) is 5.75 Å². The van der Waals surface area contributed by atoms with Gasteiger partial charge in [0.1, 0.15) is 5.75 Å². The minimum atomic E-state index is -0.138. The summed E-state index contributed by atoms with van der Waals surface area (Å²) in [6.45, 7) is 5.66. The van der Waals surface area contributed by atoms with Crippen molar-refractivity contribution >= 4 is 5.69 Å². The van der Waals surface area contributed by atoms with Gasteiger partial charge in [0.2, 0.25) is 0 Å². The maximum Gasteiger partial charge on any atom is 0.269 e. The summed E-state index contributed by atoms with van der Waals surface area (Å²) < 4.78 is 11.5. The number of nitrogens with zero attached hydrogens (tertiary/aromatic N) is 2. The number of benzene rings is 1. The number of hydrogen-bond donors (Lipinski definition) is 1. The topological polar surface area (TPSA) is 67.5 Å². The smallest absolute Gasteiger partial charge is 0.269 e. The first-order chi connectivity index (χ1) is 11.7. The van der Waals surface area contributed by atoms with Crippen molar-refractivity contribution in [2.45, 2.75) is 26.4 Å². The molecule has 1 unspecified atom stereocenters. The molecule has 3 heterocycles. The van der Waals surface area contributed by atoms with Crippen LogP contribution in [-0.2, 0) is 17.8 Å². The van der Waals surface area contributed by atoms with E-state index >= 15 is 0 Å². The summed E-state index contributed by atoms with van der Waals surface area (Å²) in [4.78, 5) is 14.0. The summed E-state index contributed by atoms with van der Waals surface area (Å²) >= 11 is 0. The van der Waals surface area contributed by atoms with E-state index in [2.05, 4.69) is 21.2 Å². The predicted molar refractivity (Wildman–Crippen MR) is 90.3 cm³/mol. The lowest BCUT2D eigenvalue weighted by atomic mass is 10.1. The fourth-order valence-corrected chi connectivity index (χ4v) is 3.39. The van der Waals surface area contributed by atoms with E-state index in [1.165, 1.54) is 11.1 Å². The first kappa shape index (κ1) is 15.2. The fourth-order valence-electron chi connectivity index (χ4n) is 3.39. The van der Waals surface area contributed by atoms with Crippen LogP contribution in [0.3, 0.4) is 0 Å². The zero-order valence-corrected chi connectivity index (χ0v) is 13.7. The summed E-state index contributed by atoms with van der Waals surface area (Å²) in [5.74, 6) is 1.43. The molecule has 4 rings (SSSR count). The lowest BCUT2D eigenvalue weighted by molar-refractivity contribution is 0.167. The number of rotatable bonds is 4. The highest BCUT2D eigenvalue weighted by Gasteiger charge is 2.25. The molecule has 0 aliphatic carbocycles. The van der Waals surface area contributed by atoms with Gasteiger partial charge in [0.05, 0.1) is 25.1 Å². The third-order valence-electron chi connectivity index (χ3n) is 4.86. The van der Waals surface area contributed by atoms with Crippen LogP contribution in [0.4, 0.5) is 5.69 Å². The van der Waals surface area contributed by atoms with Gasteiger partial charge in [0.25, 0.3) is 5.56 Å². The average molecular weight is 327 g/mol. The van der Waals surface area contributed by atoms with Crippen molar-refractivity contribution in [3.05, 3.63) is 51.4 Å². The Morgan fingerprint density at radius 2 is 2.33 bits per heavy atom. The second kappa shape index (κ2) is 6.28. The molecule has 126 valence electrons. The quantitative estimate of drug-likeness (QED) is 0.930. The summed E-state index contributed by atoms with van der Waals surface area (Å²) in [5, 5.41) is 6.42. The van der Waals surface area contributed by atoms with Crippen LogP contribution in [-0.4, -0.2) is 30.0 Å². The van der Waals surface area contributed by atoms with Crippen LogP contribution in [0.5, 0.6) is 5.75 Å². The highest BCUT2D eigenvalue weighted by Crippen LogP contribution is 2.34. The van der Waals surface area contributed by atoms with Gasteiger partial charge < -0.3 is 14.4 Å². The molecule has 0 bridgehead atoms. The molecule has 0 saturated carbocycles. The van der Waals surface area contributed by atoms with Gasteiger partial charge in [-0.25, -0.2) is 5.10 Å². The highest BCUT2D eigenvalue weighted by molar-refractivity contribution is 5.57. The molecule has 1 saturated heterocycles. The average Bonchev–Trinajstić information content (AvgIpc) is 3.24. The molecule has 1 aromatic heterocycles. The lowest BCUT2D eigenvalue weighted by Crippen LogP contribution is -2.21. The minimum absolute atomic E-state index is 0.138. The molecule has 1 atom stereocenters. The predicted octanol–water partition coefficient (Wildman–Crippen LogP) is 2.01. The van der Waals surface area contributed by atoms with Crippen LogP contribution in [0, 0.1) is 12.8 Å². The monoisotopic (exact) mass is 327 g/mol. The Kier molecular flexibility index (Phi) is 3.98. The maximum atomic E-state index is 11.8. The Morgan fingerprint density at radius 1 is 1.42 bits per heavy atom. The number of H-pyrrole nitrogens is 1. The fraction of sp³-hybridized carbons (Fsp3) is 0.444. The van der Waals surface area contributed by atoms with Crippen molar-refractivity contribution < 1.29 is 9.47 Å². The third kappa shape index (κ3) is 2.78. The van der Waals surface area contributed by atoms with Crippen molar-refractivity contribution in [2.24, 2.45) is 5.92 Å². The van der Waals surface area contributed by atoms with Crippen molar-refractivity contribution in [2.75, 3.05) is 24.7 Å². The summed E-state index contributed by atoms with van der Waals surface area (Å²) in [6.07, 6.45) is 2.79. The van der Waals surface area contributed by atoms with E-state index in [9.17, 15) is 4.79 Å². The number of hydrogen-bond acceptors (Lipinski definition) is 5. The number of fused-ring (bicyclic) bond motifs is 1. The molecular formula is C18H21N3O3. The molecule has 2 aromatic rings. The van der Waals surface area contributed by atoms with E-state index in [4.69, 9.17) is 9.47 Å². The first-order valence-electron chi connectivity index (χ1n) is 8.33. The second-order valence-electron chi connectivity index (χ2n) is 6.50. The molecule has 0 radical (unpaired) electrons. The van der Waals surface area contributed by atoms with Gasteiger partial charge in [-0.3, -0.25) is 4.79 Å². The van der Waals surface area contributed by atoms with E-state index in [1.807, 2.05) is 19.1 Å². The van der Waals surface area contributed by atoms with Gasteiger partial charge in [-0.05, 0) is 25.0 Å². The van der Waals surface area contributed by atoms with Crippen molar-refractivity contribution in [3.63, 3.8) is 0 Å². The van der Waals surface area contributed by atoms with E-state index in [1.54, 1.807) is 6.20 Å². The Hall–Kier alpha value is -2.34. The van der Waals surface area contributed by atoms with Crippen LogP contribution in [0.25, 0.3) is 0 Å². The maximum absolute atomic E-state index is 11.8. The lowest BCUT2D eigenvalue weighted by Gasteiger charge is -2.19. The third-order valence-corrected chi connectivity index (χ3v) is 4.86. The summed E-state index contributed by atoms with van der Waals surface area (Å²) in [5.41, 5.74) is 3.89. The Labute approximate surface area is 140 Å². The minimum Gasteiger partial charge on any atom is -0.493 e. The van der Waals surface area contributed by atoms with E-state index in [0.717, 1.165) is 44.2 Å². The summed E-state index contributed by atoms with van der Waals surface area (Å²) in [7, 11) is 0. The molecule has 0 spiro atoms. The van der Waals surface area contributed by atoms with Crippen LogP contribution in [0.2, 0.25) is 0 Å². The number of aromatic nitrogens is 2. The number of aromatic amines is 1. The van der Waals surface area contributed by atoms with E-state index in [0.29, 0.717) is 18.1 Å². The number of nitrogens with one attached hydrogen (secondary N) is 1. The first-order valence-corrected chi connectivity index (χ1v) is 8.33. The molecule has 0 amide bonds. The molecular weight excluding hydrogens is 306 g/mol. The van der Waals surface area contributed by atoms with Gasteiger partial charge >= 0.3 is 0 Å². The van der Waals surface area contributed by atoms with Crippen molar-refractivity contribution in [1.82, 2.24) is 10.2 Å². The molecule has 6 nitrogen and oxygen atoms in total. The summed E-state index contributed by atoms with van der Waals surface area (Å²) in [6, 6.07) is 6.18. The molecule has 1 fully saturated rings.